The third-order valence-electron chi connectivity index (χ3n) is 3.17. The first-order chi connectivity index (χ1) is 8.24. The summed E-state index contributed by atoms with van der Waals surface area (Å²) in [6, 6.07) is 6.41. The quantitative estimate of drug-likeness (QED) is 0.874. The minimum Gasteiger partial charge on any atom is -0.393 e. The first-order valence-electron chi connectivity index (χ1n) is 6.28. The van der Waals surface area contributed by atoms with Crippen LogP contribution in [0, 0.1) is 5.82 Å². The van der Waals surface area contributed by atoms with Crippen molar-refractivity contribution in [1.29, 1.82) is 0 Å². The highest BCUT2D eigenvalue weighted by molar-refractivity contribution is 5.17. The maximum absolute atomic E-state index is 13.0. The molecule has 17 heavy (non-hydrogen) atoms. The van der Waals surface area contributed by atoms with Crippen LogP contribution in [0.25, 0.3) is 0 Å². The maximum Gasteiger partial charge on any atom is 0.123 e. The van der Waals surface area contributed by atoms with E-state index in [1.54, 1.807) is 6.07 Å². The van der Waals surface area contributed by atoms with Gasteiger partial charge in [0, 0.05) is 6.61 Å². The van der Waals surface area contributed by atoms with Gasteiger partial charge in [0.1, 0.15) is 5.82 Å². The zero-order valence-electron chi connectivity index (χ0n) is 9.94. The zero-order valence-corrected chi connectivity index (χ0v) is 9.94. The van der Waals surface area contributed by atoms with Crippen LogP contribution < -0.4 is 0 Å². The molecule has 2 nitrogen and oxygen atoms in total. The van der Waals surface area contributed by atoms with Crippen molar-refractivity contribution in [3.63, 3.8) is 0 Å². The normalized spacial score (nSPS) is 22.4. The number of ether oxygens (including phenoxy) is 1. The molecule has 1 aliphatic heterocycles. The van der Waals surface area contributed by atoms with Crippen LogP contribution in [0.5, 0.6) is 0 Å². The minimum absolute atomic E-state index is 0.173. The Balaban J connectivity index is 1.82. The Morgan fingerprint density at radius 1 is 1.41 bits per heavy atom. The largest absolute Gasteiger partial charge is 0.393 e. The predicted octanol–water partition coefficient (Wildman–Crippen LogP) is 2.69. The lowest BCUT2D eigenvalue weighted by atomic mass is 9.99. The van der Waals surface area contributed by atoms with Gasteiger partial charge in [-0.25, -0.2) is 4.39 Å². The molecular weight excluding hydrogens is 219 g/mol. The number of halogens is 1. The second-order valence-corrected chi connectivity index (χ2v) is 4.71. The molecule has 94 valence electrons. The van der Waals surface area contributed by atoms with E-state index in [2.05, 4.69) is 0 Å². The van der Waals surface area contributed by atoms with Gasteiger partial charge in [-0.05, 0) is 49.8 Å². The van der Waals surface area contributed by atoms with Crippen LogP contribution in [-0.4, -0.2) is 23.9 Å². The second-order valence-electron chi connectivity index (χ2n) is 4.71. The molecule has 1 heterocycles. The van der Waals surface area contributed by atoms with Gasteiger partial charge in [-0.1, -0.05) is 12.1 Å². The van der Waals surface area contributed by atoms with Gasteiger partial charge in [0.2, 0.25) is 0 Å². The number of aliphatic hydroxyl groups excluding tert-OH is 1. The summed E-state index contributed by atoms with van der Waals surface area (Å²) in [6.07, 6.45) is 4.20. The van der Waals surface area contributed by atoms with Gasteiger partial charge in [-0.15, -0.1) is 0 Å². The molecule has 0 aromatic heterocycles. The lowest BCUT2D eigenvalue weighted by Gasteiger charge is -2.24. The van der Waals surface area contributed by atoms with E-state index in [9.17, 15) is 9.50 Å². The van der Waals surface area contributed by atoms with Crippen LogP contribution in [0.3, 0.4) is 0 Å². The SMILES string of the molecule is OC(Cc1cccc(F)c1)CC1CCCCO1. The monoisotopic (exact) mass is 238 g/mol. The summed E-state index contributed by atoms with van der Waals surface area (Å²) < 4.78 is 18.5. The fourth-order valence-electron chi connectivity index (χ4n) is 2.32. The van der Waals surface area contributed by atoms with Crippen LogP contribution in [0.15, 0.2) is 24.3 Å². The molecule has 0 spiro atoms. The van der Waals surface area contributed by atoms with Crippen molar-refractivity contribution in [2.45, 2.75) is 44.3 Å². The first-order valence-corrected chi connectivity index (χ1v) is 6.28. The molecule has 1 aromatic rings. The van der Waals surface area contributed by atoms with E-state index in [1.165, 1.54) is 18.6 Å². The molecule has 2 rings (SSSR count). The number of benzene rings is 1. The van der Waals surface area contributed by atoms with E-state index >= 15 is 0 Å². The fraction of sp³-hybridized carbons (Fsp3) is 0.571. The lowest BCUT2D eigenvalue weighted by Crippen LogP contribution is -2.25. The number of rotatable bonds is 4. The molecule has 2 unspecified atom stereocenters. The van der Waals surface area contributed by atoms with Gasteiger partial charge in [0.25, 0.3) is 0 Å². The summed E-state index contributed by atoms with van der Waals surface area (Å²) in [4.78, 5) is 0. The van der Waals surface area contributed by atoms with Gasteiger partial charge in [0.15, 0.2) is 0 Å². The van der Waals surface area contributed by atoms with Crippen LogP contribution in [-0.2, 0) is 11.2 Å². The smallest absolute Gasteiger partial charge is 0.123 e. The Morgan fingerprint density at radius 3 is 3.00 bits per heavy atom. The van der Waals surface area contributed by atoms with E-state index in [0.717, 1.165) is 25.0 Å². The highest BCUT2D eigenvalue weighted by Gasteiger charge is 2.18. The molecule has 0 aliphatic carbocycles. The van der Waals surface area contributed by atoms with Crippen molar-refractivity contribution < 1.29 is 14.2 Å². The predicted molar refractivity (Wildman–Crippen MR) is 64.3 cm³/mol. The summed E-state index contributed by atoms with van der Waals surface area (Å²) >= 11 is 0. The van der Waals surface area contributed by atoms with Crippen molar-refractivity contribution in [3.8, 4) is 0 Å². The number of hydrogen-bond donors (Lipinski definition) is 1. The first kappa shape index (κ1) is 12.5. The van der Waals surface area contributed by atoms with Crippen LogP contribution in [0.1, 0.15) is 31.2 Å². The Kier molecular flexibility index (Phi) is 4.51. The third-order valence-corrected chi connectivity index (χ3v) is 3.17. The number of aliphatic hydroxyl groups is 1. The molecule has 2 atom stereocenters. The standard InChI is InChI=1S/C14H19FO2/c15-12-5-3-4-11(8-12)9-13(16)10-14-6-1-2-7-17-14/h3-5,8,13-14,16H,1-2,6-7,9-10H2. The van der Waals surface area contributed by atoms with E-state index in [4.69, 9.17) is 4.74 Å². The lowest BCUT2D eigenvalue weighted by molar-refractivity contribution is -0.0147. The third kappa shape index (κ3) is 4.10. The Morgan fingerprint density at radius 2 is 2.29 bits per heavy atom. The van der Waals surface area contributed by atoms with Gasteiger partial charge in [-0.3, -0.25) is 0 Å². The molecule has 1 aromatic carbocycles. The second kappa shape index (κ2) is 6.12. The van der Waals surface area contributed by atoms with E-state index in [1.807, 2.05) is 6.07 Å². The van der Waals surface area contributed by atoms with Crippen molar-refractivity contribution >= 4 is 0 Å². The van der Waals surface area contributed by atoms with Gasteiger partial charge >= 0.3 is 0 Å². The summed E-state index contributed by atoms with van der Waals surface area (Å²) in [5.74, 6) is -0.247. The molecule has 0 bridgehead atoms. The van der Waals surface area contributed by atoms with Gasteiger partial charge < -0.3 is 9.84 Å². The van der Waals surface area contributed by atoms with Crippen molar-refractivity contribution in [2.75, 3.05) is 6.61 Å². The molecule has 1 fully saturated rings. The summed E-state index contributed by atoms with van der Waals surface area (Å²) in [7, 11) is 0. The topological polar surface area (TPSA) is 29.5 Å². The average Bonchev–Trinajstić information content (AvgIpc) is 2.30. The van der Waals surface area contributed by atoms with E-state index < -0.39 is 6.10 Å². The number of hydrogen-bond acceptors (Lipinski definition) is 2. The maximum atomic E-state index is 13.0. The molecule has 1 saturated heterocycles. The van der Waals surface area contributed by atoms with Crippen LogP contribution in [0.2, 0.25) is 0 Å². The van der Waals surface area contributed by atoms with E-state index in [-0.39, 0.29) is 11.9 Å². The minimum atomic E-state index is -0.445. The van der Waals surface area contributed by atoms with Crippen LogP contribution >= 0.6 is 0 Å². The molecule has 3 heteroatoms. The van der Waals surface area contributed by atoms with Crippen molar-refractivity contribution in [1.82, 2.24) is 0 Å². The van der Waals surface area contributed by atoms with Crippen molar-refractivity contribution in [2.24, 2.45) is 0 Å². The van der Waals surface area contributed by atoms with Crippen LogP contribution in [0.4, 0.5) is 4.39 Å². The fourth-order valence-corrected chi connectivity index (χ4v) is 2.32. The Bertz CT molecular complexity index is 348. The molecule has 0 radical (unpaired) electrons. The summed E-state index contributed by atoms with van der Waals surface area (Å²) in [5.41, 5.74) is 0.841. The van der Waals surface area contributed by atoms with Gasteiger partial charge in [0.05, 0.1) is 12.2 Å². The summed E-state index contributed by atoms with van der Waals surface area (Å²) in [6.45, 7) is 0.803. The van der Waals surface area contributed by atoms with Gasteiger partial charge in [-0.2, -0.15) is 0 Å². The molecule has 1 N–H and O–H groups in total. The molecule has 1 aliphatic rings. The molecule has 0 saturated carbocycles. The Labute approximate surface area is 101 Å². The summed E-state index contributed by atoms with van der Waals surface area (Å²) in [5, 5.41) is 9.94. The Hall–Kier alpha value is -0.930. The highest BCUT2D eigenvalue weighted by Crippen LogP contribution is 2.18. The van der Waals surface area contributed by atoms with E-state index in [0.29, 0.717) is 12.8 Å². The molecular formula is C14H19FO2. The van der Waals surface area contributed by atoms with Crippen molar-refractivity contribution in [3.05, 3.63) is 35.6 Å². The average molecular weight is 238 g/mol. The highest BCUT2D eigenvalue weighted by atomic mass is 19.1. The molecule has 0 amide bonds. The zero-order chi connectivity index (χ0) is 12.1.